The van der Waals surface area contributed by atoms with E-state index in [4.69, 9.17) is 0 Å². The maximum atomic E-state index is 12.7. The lowest BCUT2D eigenvalue weighted by Crippen LogP contribution is -2.58. The zero-order chi connectivity index (χ0) is 13.3. The van der Waals surface area contributed by atoms with E-state index in [0.717, 1.165) is 26.1 Å². The summed E-state index contributed by atoms with van der Waals surface area (Å²) in [5, 5.41) is 4.56. The predicted octanol–water partition coefficient (Wildman–Crippen LogP) is 2.12. The zero-order valence-corrected chi connectivity index (χ0v) is 12.8. The van der Waals surface area contributed by atoms with Crippen molar-refractivity contribution in [3.63, 3.8) is 0 Å². The molecule has 0 radical (unpaired) electrons. The highest BCUT2D eigenvalue weighted by atomic mass is 32.2. The van der Waals surface area contributed by atoms with Crippen LogP contribution in [-0.4, -0.2) is 47.0 Å². The Morgan fingerprint density at radius 3 is 2.44 bits per heavy atom. The third-order valence-corrected chi connectivity index (χ3v) is 5.33. The van der Waals surface area contributed by atoms with Crippen molar-refractivity contribution >= 4 is 17.7 Å². The summed E-state index contributed by atoms with van der Waals surface area (Å²) in [5.74, 6) is 0.318. The van der Waals surface area contributed by atoms with Gasteiger partial charge < -0.3 is 10.2 Å². The average Bonchev–Trinajstić information content (AvgIpc) is 2.26. The minimum Gasteiger partial charge on any atom is -0.339 e. The second-order valence-corrected chi connectivity index (χ2v) is 8.36. The summed E-state index contributed by atoms with van der Waals surface area (Å²) in [6.45, 7) is 11.7. The number of nitrogens with one attached hydrogen (secondary N) is 1. The van der Waals surface area contributed by atoms with Gasteiger partial charge in [0, 0.05) is 23.6 Å². The number of piperidine rings is 1. The molecule has 2 aliphatic rings. The highest BCUT2D eigenvalue weighted by Crippen LogP contribution is 2.33. The van der Waals surface area contributed by atoms with Gasteiger partial charge in [-0.1, -0.05) is 27.7 Å². The topological polar surface area (TPSA) is 32.3 Å². The number of amides is 1. The first-order valence-electron chi connectivity index (χ1n) is 7.08. The minimum atomic E-state index is 0.00810. The van der Waals surface area contributed by atoms with E-state index in [1.54, 1.807) is 0 Å². The fraction of sp³-hybridized carbons (Fsp3) is 0.929. The predicted molar refractivity (Wildman–Crippen MR) is 77.9 cm³/mol. The fourth-order valence-corrected chi connectivity index (χ4v) is 4.50. The maximum absolute atomic E-state index is 12.7. The molecule has 4 heteroatoms. The van der Waals surface area contributed by atoms with Crippen LogP contribution in [-0.2, 0) is 4.79 Å². The Morgan fingerprint density at radius 2 is 1.89 bits per heavy atom. The van der Waals surface area contributed by atoms with Gasteiger partial charge in [0.2, 0.25) is 5.91 Å². The summed E-state index contributed by atoms with van der Waals surface area (Å²) in [6.07, 6.45) is 2.32. The third-order valence-electron chi connectivity index (χ3n) is 4.11. The molecule has 3 atom stereocenters. The average molecular weight is 270 g/mol. The molecule has 0 saturated carbocycles. The zero-order valence-electron chi connectivity index (χ0n) is 12.0. The molecule has 2 heterocycles. The Hall–Kier alpha value is -0.220. The molecule has 3 nitrogen and oxygen atoms in total. The van der Waals surface area contributed by atoms with Crippen molar-refractivity contribution < 1.29 is 4.79 Å². The molecule has 2 saturated heterocycles. The van der Waals surface area contributed by atoms with Gasteiger partial charge in [-0.3, -0.25) is 4.79 Å². The van der Waals surface area contributed by atoms with Gasteiger partial charge in [-0.15, -0.1) is 0 Å². The lowest BCUT2D eigenvalue weighted by Gasteiger charge is -2.43. The number of carbonyl (C=O) groups is 1. The summed E-state index contributed by atoms with van der Waals surface area (Å²) in [7, 11) is 0. The number of nitrogens with zero attached hydrogens (tertiary/aromatic N) is 1. The van der Waals surface area contributed by atoms with Crippen LogP contribution in [0.5, 0.6) is 0 Å². The van der Waals surface area contributed by atoms with E-state index >= 15 is 0 Å². The standard InChI is InChI=1S/C14H26N2OS/c1-10-8-16(9-11(2)18-10)13(17)12-14(3,4)6-5-7-15-12/h10-12,15H,5-9H2,1-4H3. The van der Waals surface area contributed by atoms with Gasteiger partial charge in [-0.05, 0) is 24.8 Å². The highest BCUT2D eigenvalue weighted by molar-refractivity contribution is 8.00. The second kappa shape index (κ2) is 5.41. The van der Waals surface area contributed by atoms with E-state index < -0.39 is 0 Å². The molecular formula is C14H26N2OS. The summed E-state index contributed by atoms with van der Waals surface area (Å²) >= 11 is 1.99. The molecule has 104 valence electrons. The lowest BCUT2D eigenvalue weighted by molar-refractivity contribution is -0.137. The smallest absolute Gasteiger partial charge is 0.240 e. The fourth-order valence-electron chi connectivity index (χ4n) is 3.17. The van der Waals surface area contributed by atoms with Crippen LogP contribution in [0.15, 0.2) is 0 Å². The normalized spacial score (nSPS) is 36.4. The first kappa shape index (κ1) is 14.2. The van der Waals surface area contributed by atoms with Gasteiger partial charge in [0.25, 0.3) is 0 Å². The van der Waals surface area contributed by atoms with Crippen molar-refractivity contribution in [2.75, 3.05) is 19.6 Å². The number of thioether (sulfide) groups is 1. The van der Waals surface area contributed by atoms with Crippen LogP contribution in [0.4, 0.5) is 0 Å². The van der Waals surface area contributed by atoms with Crippen LogP contribution in [0.1, 0.15) is 40.5 Å². The summed E-state index contributed by atoms with van der Waals surface area (Å²) in [6, 6.07) is 0.00810. The van der Waals surface area contributed by atoms with E-state index in [0.29, 0.717) is 16.4 Å². The van der Waals surface area contributed by atoms with E-state index in [2.05, 4.69) is 37.9 Å². The Bertz CT molecular complexity index is 309. The largest absolute Gasteiger partial charge is 0.339 e. The van der Waals surface area contributed by atoms with Gasteiger partial charge >= 0.3 is 0 Å². The van der Waals surface area contributed by atoms with Gasteiger partial charge in [0.05, 0.1) is 6.04 Å². The van der Waals surface area contributed by atoms with Gasteiger partial charge in [-0.25, -0.2) is 0 Å². The molecule has 2 rings (SSSR count). The summed E-state index contributed by atoms with van der Waals surface area (Å²) in [4.78, 5) is 14.8. The van der Waals surface area contributed by atoms with Crippen LogP contribution in [0.25, 0.3) is 0 Å². The SMILES string of the molecule is CC1CN(C(=O)C2NCCCC2(C)C)CC(C)S1. The molecular weight excluding hydrogens is 244 g/mol. The van der Waals surface area contributed by atoms with E-state index in [1.807, 2.05) is 11.8 Å². The summed E-state index contributed by atoms with van der Waals surface area (Å²) in [5.41, 5.74) is 0.0897. The van der Waals surface area contributed by atoms with Gasteiger partial charge in [0.15, 0.2) is 0 Å². The van der Waals surface area contributed by atoms with Crippen LogP contribution in [0.3, 0.4) is 0 Å². The second-order valence-electron chi connectivity index (χ2n) is 6.48. The maximum Gasteiger partial charge on any atom is 0.240 e. The highest BCUT2D eigenvalue weighted by Gasteiger charge is 2.40. The number of rotatable bonds is 1. The van der Waals surface area contributed by atoms with Crippen molar-refractivity contribution in [2.45, 2.75) is 57.1 Å². The molecule has 2 fully saturated rings. The van der Waals surface area contributed by atoms with Crippen LogP contribution >= 0.6 is 11.8 Å². The first-order valence-corrected chi connectivity index (χ1v) is 8.02. The summed E-state index contributed by atoms with van der Waals surface area (Å²) < 4.78 is 0. The molecule has 0 aromatic heterocycles. The quantitative estimate of drug-likeness (QED) is 0.792. The molecule has 0 bridgehead atoms. The van der Waals surface area contributed by atoms with Crippen molar-refractivity contribution in [2.24, 2.45) is 5.41 Å². The van der Waals surface area contributed by atoms with E-state index in [9.17, 15) is 4.79 Å². The number of hydrogen-bond donors (Lipinski definition) is 1. The Balaban J connectivity index is 2.05. The van der Waals surface area contributed by atoms with E-state index in [1.165, 1.54) is 6.42 Å². The molecule has 0 spiro atoms. The third kappa shape index (κ3) is 3.02. The Morgan fingerprint density at radius 1 is 1.28 bits per heavy atom. The van der Waals surface area contributed by atoms with Crippen molar-refractivity contribution in [3.8, 4) is 0 Å². The number of hydrogen-bond acceptors (Lipinski definition) is 3. The molecule has 0 aromatic carbocycles. The van der Waals surface area contributed by atoms with Gasteiger partial charge in [0.1, 0.15) is 0 Å². The van der Waals surface area contributed by atoms with Crippen LogP contribution < -0.4 is 5.32 Å². The first-order chi connectivity index (χ1) is 8.40. The van der Waals surface area contributed by atoms with Crippen LogP contribution in [0, 0.1) is 5.41 Å². The van der Waals surface area contributed by atoms with Crippen molar-refractivity contribution in [1.82, 2.24) is 10.2 Å². The monoisotopic (exact) mass is 270 g/mol. The molecule has 3 unspecified atom stereocenters. The molecule has 1 N–H and O–H groups in total. The van der Waals surface area contributed by atoms with E-state index in [-0.39, 0.29) is 11.5 Å². The van der Waals surface area contributed by atoms with Gasteiger partial charge in [-0.2, -0.15) is 11.8 Å². The Kier molecular flexibility index (Phi) is 4.27. The molecule has 1 amide bonds. The number of carbonyl (C=O) groups excluding carboxylic acids is 1. The lowest BCUT2D eigenvalue weighted by atomic mass is 9.77. The molecule has 18 heavy (non-hydrogen) atoms. The van der Waals surface area contributed by atoms with Crippen LogP contribution in [0.2, 0.25) is 0 Å². The molecule has 0 aromatic rings. The minimum absolute atomic E-state index is 0.00810. The van der Waals surface area contributed by atoms with Crippen molar-refractivity contribution in [1.29, 1.82) is 0 Å². The molecule has 0 aliphatic carbocycles. The molecule has 2 aliphatic heterocycles. The Labute approximate surface area is 115 Å². The van der Waals surface area contributed by atoms with Crippen molar-refractivity contribution in [3.05, 3.63) is 0 Å².